The van der Waals surface area contributed by atoms with Gasteiger partial charge in [0.15, 0.2) is 0 Å². The molecule has 92 valence electrons. The van der Waals surface area contributed by atoms with Crippen LogP contribution in [0.5, 0.6) is 0 Å². The Kier molecular flexibility index (Phi) is 3.38. The highest BCUT2D eigenvalue weighted by molar-refractivity contribution is 5.67. The van der Waals surface area contributed by atoms with E-state index in [1.807, 2.05) is 20.9 Å². The Morgan fingerprint density at radius 1 is 1.31 bits per heavy atom. The maximum atomic E-state index is 11.8. The highest BCUT2D eigenvalue weighted by Crippen LogP contribution is 2.29. The van der Waals surface area contributed by atoms with Gasteiger partial charge < -0.3 is 15.0 Å². The molecule has 2 aliphatic heterocycles. The highest BCUT2D eigenvalue weighted by Gasteiger charge is 2.36. The lowest BCUT2D eigenvalue weighted by molar-refractivity contribution is 0.0639. The van der Waals surface area contributed by atoms with E-state index < -0.39 is 0 Å². The molecule has 2 fully saturated rings. The second-order valence-electron chi connectivity index (χ2n) is 5.31. The first-order chi connectivity index (χ1) is 7.56. The summed E-state index contributed by atoms with van der Waals surface area (Å²) in [6.07, 6.45) is 4.44. The number of rotatable bonds is 2. The van der Waals surface area contributed by atoms with Crippen molar-refractivity contribution in [2.75, 3.05) is 7.05 Å². The van der Waals surface area contributed by atoms with E-state index in [0.717, 1.165) is 12.8 Å². The van der Waals surface area contributed by atoms with Crippen molar-refractivity contribution in [2.45, 2.75) is 63.8 Å². The molecule has 0 aromatic rings. The summed E-state index contributed by atoms with van der Waals surface area (Å²) in [6.45, 7) is 3.77. The number of ether oxygens (including phenoxy) is 1. The van der Waals surface area contributed by atoms with Crippen molar-refractivity contribution in [1.82, 2.24) is 10.2 Å². The normalized spacial score (nSPS) is 32.9. The van der Waals surface area contributed by atoms with E-state index in [9.17, 15) is 4.79 Å². The van der Waals surface area contributed by atoms with E-state index in [1.54, 1.807) is 4.90 Å². The summed E-state index contributed by atoms with van der Waals surface area (Å²) < 4.78 is 5.22. The fourth-order valence-corrected chi connectivity index (χ4v) is 2.78. The Balaban J connectivity index is 1.89. The number of nitrogens with zero attached hydrogens (tertiary/aromatic N) is 1. The zero-order valence-corrected chi connectivity index (χ0v) is 10.4. The van der Waals surface area contributed by atoms with Gasteiger partial charge in [0.2, 0.25) is 0 Å². The van der Waals surface area contributed by atoms with Gasteiger partial charge in [0.1, 0.15) is 0 Å². The van der Waals surface area contributed by atoms with Gasteiger partial charge in [0, 0.05) is 25.2 Å². The van der Waals surface area contributed by atoms with E-state index in [0.29, 0.717) is 18.1 Å². The Hall–Kier alpha value is -0.770. The minimum atomic E-state index is -0.179. The third-order valence-corrected chi connectivity index (χ3v) is 3.62. The number of piperidine rings is 1. The van der Waals surface area contributed by atoms with Crippen LogP contribution in [0.2, 0.25) is 0 Å². The molecule has 2 atom stereocenters. The van der Waals surface area contributed by atoms with E-state index in [-0.39, 0.29) is 12.2 Å². The van der Waals surface area contributed by atoms with E-state index in [4.69, 9.17) is 4.74 Å². The second kappa shape index (κ2) is 4.62. The summed E-state index contributed by atoms with van der Waals surface area (Å²) in [7, 11) is 1.86. The largest absolute Gasteiger partial charge is 0.447 e. The van der Waals surface area contributed by atoms with Crippen molar-refractivity contribution in [3.63, 3.8) is 0 Å². The molecule has 0 aromatic carbocycles. The van der Waals surface area contributed by atoms with Gasteiger partial charge in [-0.3, -0.25) is 0 Å². The maximum absolute atomic E-state index is 11.8. The Morgan fingerprint density at radius 3 is 2.38 bits per heavy atom. The van der Waals surface area contributed by atoms with Crippen molar-refractivity contribution >= 4 is 6.09 Å². The number of fused-ring (bicyclic) bond motifs is 2. The molecule has 2 unspecified atom stereocenters. The summed E-state index contributed by atoms with van der Waals surface area (Å²) in [4.78, 5) is 13.6. The molecule has 0 spiro atoms. The number of carbonyl (C=O) groups excluding carboxylic acids is 1. The molecule has 16 heavy (non-hydrogen) atoms. The van der Waals surface area contributed by atoms with Gasteiger partial charge in [-0.15, -0.1) is 0 Å². The summed E-state index contributed by atoms with van der Waals surface area (Å²) in [5.41, 5.74) is 0. The molecule has 0 aliphatic carbocycles. The quantitative estimate of drug-likeness (QED) is 0.780. The summed E-state index contributed by atoms with van der Waals surface area (Å²) in [5.74, 6) is 0. The van der Waals surface area contributed by atoms with Crippen LogP contribution in [0.3, 0.4) is 0 Å². The number of hydrogen-bond donors (Lipinski definition) is 1. The van der Waals surface area contributed by atoms with Gasteiger partial charge in [-0.1, -0.05) is 0 Å². The molecule has 4 heteroatoms. The number of nitrogens with one attached hydrogen (secondary N) is 1. The number of carbonyl (C=O) groups is 1. The molecule has 0 aromatic heterocycles. The van der Waals surface area contributed by atoms with Crippen LogP contribution in [0.25, 0.3) is 0 Å². The first-order valence-corrected chi connectivity index (χ1v) is 6.25. The molecular formula is C12H22N2O2. The lowest BCUT2D eigenvalue weighted by atomic mass is 9.99. The number of amides is 1. The van der Waals surface area contributed by atoms with Crippen LogP contribution >= 0.6 is 0 Å². The second-order valence-corrected chi connectivity index (χ2v) is 5.31. The molecular weight excluding hydrogens is 204 g/mol. The molecule has 2 bridgehead atoms. The minimum absolute atomic E-state index is 0.0339. The summed E-state index contributed by atoms with van der Waals surface area (Å²) in [6, 6.07) is 1.57. The number of hydrogen-bond acceptors (Lipinski definition) is 3. The monoisotopic (exact) mass is 226 g/mol. The minimum Gasteiger partial charge on any atom is -0.447 e. The first-order valence-electron chi connectivity index (χ1n) is 6.25. The van der Waals surface area contributed by atoms with E-state index in [1.165, 1.54) is 12.8 Å². The maximum Gasteiger partial charge on any atom is 0.410 e. The van der Waals surface area contributed by atoms with Crippen molar-refractivity contribution in [2.24, 2.45) is 0 Å². The molecule has 1 amide bonds. The summed E-state index contributed by atoms with van der Waals surface area (Å²) in [5, 5.41) is 3.58. The van der Waals surface area contributed by atoms with E-state index >= 15 is 0 Å². The van der Waals surface area contributed by atoms with Crippen molar-refractivity contribution in [3.8, 4) is 0 Å². The standard InChI is InChI=1S/C12H22N2O2/c1-8(2)16-12(15)14(3)11-6-9-4-5-10(7-11)13-9/h8-11,13H,4-7H2,1-3H3. The Bertz CT molecular complexity index is 256. The van der Waals surface area contributed by atoms with Gasteiger partial charge in [-0.25, -0.2) is 4.79 Å². The summed E-state index contributed by atoms with van der Waals surface area (Å²) >= 11 is 0. The van der Waals surface area contributed by atoms with Crippen molar-refractivity contribution in [3.05, 3.63) is 0 Å². The van der Waals surface area contributed by atoms with Crippen LogP contribution in [0.4, 0.5) is 4.79 Å². The van der Waals surface area contributed by atoms with Crippen LogP contribution < -0.4 is 5.32 Å². The average Bonchev–Trinajstić information content (AvgIpc) is 2.55. The van der Waals surface area contributed by atoms with Gasteiger partial charge in [0.25, 0.3) is 0 Å². The molecule has 0 saturated carbocycles. The van der Waals surface area contributed by atoms with Gasteiger partial charge in [-0.2, -0.15) is 0 Å². The molecule has 2 saturated heterocycles. The zero-order valence-electron chi connectivity index (χ0n) is 10.4. The van der Waals surface area contributed by atoms with Crippen molar-refractivity contribution < 1.29 is 9.53 Å². The lowest BCUT2D eigenvalue weighted by Gasteiger charge is -2.35. The average molecular weight is 226 g/mol. The van der Waals surface area contributed by atoms with Crippen molar-refractivity contribution in [1.29, 1.82) is 0 Å². The molecule has 2 heterocycles. The smallest absolute Gasteiger partial charge is 0.410 e. The predicted octanol–water partition coefficient (Wildman–Crippen LogP) is 1.75. The fourth-order valence-electron chi connectivity index (χ4n) is 2.78. The van der Waals surface area contributed by atoms with E-state index in [2.05, 4.69) is 5.32 Å². The fraction of sp³-hybridized carbons (Fsp3) is 0.917. The topological polar surface area (TPSA) is 41.6 Å². The lowest BCUT2D eigenvalue weighted by Crippen LogP contribution is -2.49. The Labute approximate surface area is 97.3 Å². The van der Waals surface area contributed by atoms with Crippen LogP contribution in [0, 0.1) is 0 Å². The molecule has 4 nitrogen and oxygen atoms in total. The predicted molar refractivity (Wildman–Crippen MR) is 62.3 cm³/mol. The molecule has 2 aliphatic rings. The van der Waals surface area contributed by atoms with Gasteiger partial charge in [-0.05, 0) is 39.5 Å². The first kappa shape index (κ1) is 11.7. The van der Waals surface area contributed by atoms with Crippen LogP contribution in [0.15, 0.2) is 0 Å². The highest BCUT2D eigenvalue weighted by atomic mass is 16.6. The Morgan fingerprint density at radius 2 is 1.88 bits per heavy atom. The van der Waals surface area contributed by atoms with Gasteiger partial charge in [0.05, 0.1) is 6.10 Å². The third kappa shape index (κ3) is 2.48. The van der Waals surface area contributed by atoms with Crippen LogP contribution in [-0.4, -0.2) is 42.3 Å². The zero-order chi connectivity index (χ0) is 11.7. The molecule has 1 N–H and O–H groups in total. The molecule has 2 rings (SSSR count). The molecule has 0 radical (unpaired) electrons. The van der Waals surface area contributed by atoms with Crippen LogP contribution in [0.1, 0.15) is 39.5 Å². The third-order valence-electron chi connectivity index (χ3n) is 3.62. The SMILES string of the molecule is CC(C)OC(=O)N(C)C1CC2CCC(C1)N2. The van der Waals surface area contributed by atoms with Crippen LogP contribution in [-0.2, 0) is 4.74 Å². The van der Waals surface area contributed by atoms with Gasteiger partial charge >= 0.3 is 6.09 Å².